The van der Waals surface area contributed by atoms with Gasteiger partial charge in [-0.3, -0.25) is 0 Å². The molecule has 0 saturated carbocycles. The Bertz CT molecular complexity index is 118. The maximum Gasteiger partial charge on any atom is 3.00 e. The average molecular weight is 322 g/mol. The first-order valence-electron chi connectivity index (χ1n) is 1.64. The second kappa shape index (κ2) is 37.4. The van der Waals surface area contributed by atoms with E-state index in [1.807, 2.05) is 0 Å². The molecule has 0 amide bonds. The van der Waals surface area contributed by atoms with E-state index >= 15 is 0 Å². The van der Waals surface area contributed by atoms with Gasteiger partial charge in [0.2, 0.25) is 0 Å². The van der Waals surface area contributed by atoms with Crippen molar-refractivity contribution >= 4 is 0 Å². The minimum atomic E-state index is -1.75. The molecule has 2 radical (unpaired) electrons. The minimum absolute atomic E-state index is 0. The normalized spacial score (nSPS) is 4.50. The fourth-order valence-electron chi connectivity index (χ4n) is 0. The smallest absolute Gasteiger partial charge is 3.00 e. The molecule has 0 bridgehead atoms. The van der Waals surface area contributed by atoms with Crippen LogP contribution < -0.4 is 0 Å². The molecule has 0 aliphatic heterocycles. The van der Waals surface area contributed by atoms with E-state index in [1.54, 1.807) is 0 Å². The molecule has 0 saturated heterocycles. The van der Waals surface area contributed by atoms with Gasteiger partial charge in [0.1, 0.15) is 0 Å². The molecular formula is H2Cr2N4O10. The summed E-state index contributed by atoms with van der Waals surface area (Å²) in [5.74, 6) is 0. The number of hydrogen-bond donors (Lipinski definition) is 0. The van der Waals surface area contributed by atoms with Gasteiger partial charge in [0, 0.05) is 0 Å². The Morgan fingerprint density at radius 2 is 0.562 bits per heavy atom. The largest absolute Gasteiger partial charge is 3.00 e. The Labute approximate surface area is 108 Å². The first kappa shape index (κ1) is 46.8. The molecule has 0 aromatic heterocycles. The second-order valence-corrected chi connectivity index (χ2v) is 0.671. The van der Waals surface area contributed by atoms with Crippen LogP contribution in [-0.4, -0.2) is 20.7 Å². The molecule has 0 fully saturated rings. The molecule has 0 atom stereocenters. The summed E-state index contributed by atoms with van der Waals surface area (Å²) in [6.45, 7) is 0. The van der Waals surface area contributed by atoms with E-state index < -0.39 is 15.3 Å². The van der Waals surface area contributed by atoms with Gasteiger partial charge in [-0.1, -0.05) is 0 Å². The standard InChI is InChI=1S/2Cr.3NO3.N.H2O/c;;3*2-1(3)4;;/h;;;;;;1H2/q2*+3;3*-1;-3;. The van der Waals surface area contributed by atoms with Gasteiger partial charge in [-0.2, -0.15) is 0 Å². The van der Waals surface area contributed by atoms with Gasteiger partial charge in [0.15, 0.2) is 0 Å². The maximum absolute atomic E-state index is 8.25. The van der Waals surface area contributed by atoms with Gasteiger partial charge in [-0.15, -0.1) is 0 Å². The summed E-state index contributed by atoms with van der Waals surface area (Å²) >= 11 is 0. The second-order valence-electron chi connectivity index (χ2n) is 0.671. The van der Waals surface area contributed by atoms with Crippen molar-refractivity contribution in [2.75, 3.05) is 0 Å². The van der Waals surface area contributed by atoms with E-state index in [-0.39, 0.29) is 46.3 Å². The van der Waals surface area contributed by atoms with Crippen LogP contribution in [-0.2, 0) is 34.7 Å². The van der Waals surface area contributed by atoms with Crippen LogP contribution in [0.5, 0.6) is 0 Å². The van der Waals surface area contributed by atoms with Crippen molar-refractivity contribution in [3.8, 4) is 0 Å². The molecule has 14 nitrogen and oxygen atoms in total. The molecule has 0 spiro atoms. The Hall–Kier alpha value is -1.42. The molecule has 94 valence electrons. The molecule has 0 aromatic carbocycles. The third kappa shape index (κ3) is 844. The molecule has 0 aliphatic carbocycles. The van der Waals surface area contributed by atoms with Gasteiger partial charge in [-0.05, 0) is 0 Å². The quantitative estimate of drug-likeness (QED) is 0.379. The molecule has 16 heavy (non-hydrogen) atoms. The van der Waals surface area contributed by atoms with E-state index in [9.17, 15) is 0 Å². The van der Waals surface area contributed by atoms with Gasteiger partial charge >= 0.3 is 34.7 Å². The first-order chi connectivity index (χ1) is 5.20. The molecule has 0 aromatic rings. The molecule has 0 heterocycles. The summed E-state index contributed by atoms with van der Waals surface area (Å²) in [7, 11) is 0. The molecule has 0 aliphatic rings. The van der Waals surface area contributed by atoms with Crippen molar-refractivity contribution in [3.05, 3.63) is 52.1 Å². The number of nitrogens with zero attached hydrogens (tertiary/aromatic N) is 4. The summed E-state index contributed by atoms with van der Waals surface area (Å²) in [6.07, 6.45) is 0. The summed E-state index contributed by atoms with van der Waals surface area (Å²) in [5.41, 5.74) is 0. The third-order valence-corrected chi connectivity index (χ3v) is 0. The molecule has 0 rings (SSSR count). The van der Waals surface area contributed by atoms with E-state index in [2.05, 4.69) is 0 Å². The SMILES string of the molecule is O.O=[N+]([O-])[O-].O=[N+]([O-])[O-].O=[N+]([O-])[O-].[Cr+3].[Cr+3].[N-3]. The zero-order valence-corrected chi connectivity index (χ0v) is 9.33. The van der Waals surface area contributed by atoms with Crippen molar-refractivity contribution in [2.24, 2.45) is 0 Å². The maximum atomic E-state index is 8.25. The summed E-state index contributed by atoms with van der Waals surface area (Å²) in [4.78, 5) is 24.8. The van der Waals surface area contributed by atoms with Crippen LogP contribution in [0.2, 0.25) is 0 Å². The van der Waals surface area contributed by atoms with Gasteiger partial charge in [0.25, 0.3) is 0 Å². The van der Waals surface area contributed by atoms with Crippen molar-refractivity contribution < 1.29 is 55.5 Å². The predicted molar refractivity (Wildman–Crippen MR) is 38.1 cm³/mol. The van der Waals surface area contributed by atoms with E-state index in [0.29, 0.717) is 0 Å². The van der Waals surface area contributed by atoms with Crippen LogP contribution in [0.15, 0.2) is 0 Å². The van der Waals surface area contributed by atoms with E-state index in [4.69, 9.17) is 46.0 Å². The zero-order valence-electron chi connectivity index (χ0n) is 6.78. The fourth-order valence-corrected chi connectivity index (χ4v) is 0. The van der Waals surface area contributed by atoms with Crippen LogP contribution in [0.25, 0.3) is 6.15 Å². The van der Waals surface area contributed by atoms with Crippen molar-refractivity contribution in [2.45, 2.75) is 0 Å². The summed E-state index contributed by atoms with van der Waals surface area (Å²) in [5, 5.41) is 44.2. The zero-order chi connectivity index (χ0) is 10.7. The number of rotatable bonds is 0. The van der Waals surface area contributed by atoms with Crippen molar-refractivity contribution in [1.82, 2.24) is 0 Å². The van der Waals surface area contributed by atoms with Crippen LogP contribution in [0.4, 0.5) is 0 Å². The van der Waals surface area contributed by atoms with Gasteiger partial charge in [-0.25, -0.2) is 0 Å². The Morgan fingerprint density at radius 3 is 0.562 bits per heavy atom. The third-order valence-electron chi connectivity index (χ3n) is 0. The first-order valence-corrected chi connectivity index (χ1v) is 1.64. The van der Waals surface area contributed by atoms with Gasteiger partial charge < -0.3 is 57.6 Å². The van der Waals surface area contributed by atoms with Crippen LogP contribution in [0.3, 0.4) is 0 Å². The summed E-state index contributed by atoms with van der Waals surface area (Å²) < 4.78 is 0. The predicted octanol–water partition coefficient (Wildman–Crippen LogP) is -1.26. The van der Waals surface area contributed by atoms with Crippen molar-refractivity contribution in [1.29, 1.82) is 0 Å². The van der Waals surface area contributed by atoms with Gasteiger partial charge in [0.05, 0.1) is 15.3 Å². The molecular weight excluding hydrogens is 320 g/mol. The number of hydrogen-bond acceptors (Lipinski definition) is 9. The minimum Gasteiger partial charge on any atom is -3.00 e. The van der Waals surface area contributed by atoms with E-state index in [1.165, 1.54) is 0 Å². The summed E-state index contributed by atoms with van der Waals surface area (Å²) in [6, 6.07) is 0. The molecule has 0 unspecified atom stereocenters. The molecule has 16 heteroatoms. The van der Waals surface area contributed by atoms with E-state index in [0.717, 1.165) is 0 Å². The topological polar surface area (TPSA) is 261 Å². The monoisotopic (exact) mass is 322 g/mol. The Morgan fingerprint density at radius 1 is 0.562 bits per heavy atom. The van der Waals surface area contributed by atoms with Crippen LogP contribution in [0.1, 0.15) is 0 Å². The average Bonchev–Trinajstić information content (AvgIpc) is 1.54. The fraction of sp³-hybridized carbons (Fsp3) is 0. The van der Waals surface area contributed by atoms with Crippen LogP contribution >= 0.6 is 0 Å². The van der Waals surface area contributed by atoms with Crippen molar-refractivity contribution in [3.63, 3.8) is 0 Å². The Balaban J connectivity index is -0.0000000135. The van der Waals surface area contributed by atoms with Crippen LogP contribution in [0, 0.1) is 46.0 Å². The Kier molecular flexibility index (Phi) is 109. The molecule has 2 N–H and O–H groups in total.